The molecule has 0 saturated carbocycles. The standard InChI is InChI=1S/C15H24O.H2O4S/c1-2-3-4-5-6-7-11-14-16-15-12-9-8-10-13-15;1-5(2,3)4/h8-10,12-13H,2-7,11,14H2,1H3;(H2,1,2,3,4). The molecule has 0 atom stereocenters. The Bertz CT molecular complexity index is 423. The maximum Gasteiger partial charge on any atom is 0.394 e. The first-order valence-electron chi connectivity index (χ1n) is 7.31. The molecule has 0 saturated heterocycles. The molecule has 0 bridgehead atoms. The highest BCUT2D eigenvalue weighted by Crippen LogP contribution is 2.10. The molecule has 1 rings (SSSR count). The Morgan fingerprint density at radius 1 is 0.905 bits per heavy atom. The van der Waals surface area contributed by atoms with Gasteiger partial charge in [-0.1, -0.05) is 63.6 Å². The summed E-state index contributed by atoms with van der Waals surface area (Å²) >= 11 is 0. The summed E-state index contributed by atoms with van der Waals surface area (Å²) in [5, 5.41) is 0. The summed E-state index contributed by atoms with van der Waals surface area (Å²) in [6, 6.07) is 10.1. The number of para-hydroxylation sites is 1. The minimum absolute atomic E-state index is 0.859. The molecule has 5 nitrogen and oxygen atoms in total. The molecule has 0 unspecified atom stereocenters. The molecule has 1 aromatic carbocycles. The summed E-state index contributed by atoms with van der Waals surface area (Å²) in [6.45, 7) is 3.12. The van der Waals surface area contributed by atoms with Crippen molar-refractivity contribution in [2.75, 3.05) is 6.61 Å². The Morgan fingerprint density at radius 2 is 1.38 bits per heavy atom. The van der Waals surface area contributed by atoms with E-state index in [-0.39, 0.29) is 0 Å². The van der Waals surface area contributed by atoms with Gasteiger partial charge in [0.15, 0.2) is 0 Å². The van der Waals surface area contributed by atoms with Gasteiger partial charge in [0.05, 0.1) is 6.61 Å². The molecule has 1 aromatic rings. The lowest BCUT2D eigenvalue weighted by Crippen LogP contribution is -1.96. The second kappa shape index (κ2) is 12.6. The number of ether oxygens (including phenoxy) is 1. The molecule has 0 aliphatic rings. The first-order chi connectivity index (χ1) is 9.93. The minimum Gasteiger partial charge on any atom is -0.494 e. The van der Waals surface area contributed by atoms with Crippen molar-refractivity contribution in [3.8, 4) is 5.75 Å². The van der Waals surface area contributed by atoms with E-state index in [4.69, 9.17) is 22.3 Å². The zero-order valence-corrected chi connectivity index (χ0v) is 13.4. The third-order valence-electron chi connectivity index (χ3n) is 2.76. The van der Waals surface area contributed by atoms with E-state index in [2.05, 4.69) is 6.92 Å². The summed E-state index contributed by atoms with van der Waals surface area (Å²) in [4.78, 5) is 0. The lowest BCUT2D eigenvalue weighted by atomic mass is 10.1. The molecule has 6 heteroatoms. The first-order valence-corrected chi connectivity index (χ1v) is 8.71. The van der Waals surface area contributed by atoms with Gasteiger partial charge in [0.1, 0.15) is 5.75 Å². The quantitative estimate of drug-likeness (QED) is 0.527. The summed E-state index contributed by atoms with van der Waals surface area (Å²) in [5.74, 6) is 0.994. The Balaban J connectivity index is 0.000000690. The highest BCUT2D eigenvalue weighted by atomic mass is 32.3. The molecule has 21 heavy (non-hydrogen) atoms. The summed E-state index contributed by atoms with van der Waals surface area (Å²) in [6.07, 6.45) is 9.35. The van der Waals surface area contributed by atoms with Crippen molar-refractivity contribution in [1.29, 1.82) is 0 Å². The average Bonchev–Trinajstić information content (AvgIpc) is 2.41. The van der Waals surface area contributed by atoms with E-state index in [1.807, 2.05) is 30.3 Å². The van der Waals surface area contributed by atoms with Gasteiger partial charge < -0.3 is 4.74 Å². The van der Waals surface area contributed by atoms with Crippen LogP contribution in [0.25, 0.3) is 0 Å². The van der Waals surface area contributed by atoms with Crippen LogP contribution in [0.15, 0.2) is 30.3 Å². The van der Waals surface area contributed by atoms with Gasteiger partial charge in [-0.2, -0.15) is 8.42 Å². The van der Waals surface area contributed by atoms with Gasteiger partial charge in [-0.05, 0) is 18.6 Å². The number of unbranched alkanes of at least 4 members (excludes halogenated alkanes) is 6. The van der Waals surface area contributed by atoms with Crippen LogP contribution in [0.5, 0.6) is 5.75 Å². The van der Waals surface area contributed by atoms with Gasteiger partial charge in [0.2, 0.25) is 0 Å². The lowest BCUT2D eigenvalue weighted by Gasteiger charge is -2.05. The second-order valence-electron chi connectivity index (χ2n) is 4.73. The monoisotopic (exact) mass is 318 g/mol. The first kappa shape index (κ1) is 19.9. The molecular formula is C15H26O5S. The van der Waals surface area contributed by atoms with E-state index >= 15 is 0 Å². The van der Waals surface area contributed by atoms with Crippen LogP contribution in [0.1, 0.15) is 51.9 Å². The van der Waals surface area contributed by atoms with Gasteiger partial charge in [-0.25, -0.2) is 0 Å². The molecular weight excluding hydrogens is 292 g/mol. The fourth-order valence-corrected chi connectivity index (χ4v) is 1.77. The summed E-state index contributed by atoms with van der Waals surface area (Å²) in [5.41, 5.74) is 0. The molecule has 0 aliphatic heterocycles. The van der Waals surface area contributed by atoms with Gasteiger partial charge in [0, 0.05) is 0 Å². The van der Waals surface area contributed by atoms with Crippen LogP contribution in [0.2, 0.25) is 0 Å². The van der Waals surface area contributed by atoms with Crippen molar-refractivity contribution in [2.45, 2.75) is 51.9 Å². The van der Waals surface area contributed by atoms with Gasteiger partial charge in [-0.15, -0.1) is 0 Å². The number of rotatable bonds is 9. The normalized spacial score (nSPS) is 10.6. The number of benzene rings is 1. The average molecular weight is 318 g/mol. The number of hydrogen-bond acceptors (Lipinski definition) is 3. The van der Waals surface area contributed by atoms with Crippen molar-refractivity contribution in [1.82, 2.24) is 0 Å². The smallest absolute Gasteiger partial charge is 0.394 e. The Labute approximate surface area is 127 Å². The van der Waals surface area contributed by atoms with Gasteiger partial charge in [0.25, 0.3) is 0 Å². The molecule has 0 spiro atoms. The molecule has 0 fully saturated rings. The van der Waals surface area contributed by atoms with Crippen LogP contribution >= 0.6 is 0 Å². The summed E-state index contributed by atoms with van der Waals surface area (Å²) in [7, 11) is -4.67. The maximum atomic E-state index is 8.74. The fraction of sp³-hybridized carbons (Fsp3) is 0.600. The minimum atomic E-state index is -4.67. The molecule has 2 N–H and O–H groups in total. The van der Waals surface area contributed by atoms with Crippen LogP contribution < -0.4 is 4.74 Å². The van der Waals surface area contributed by atoms with Crippen LogP contribution in [0.3, 0.4) is 0 Å². The van der Waals surface area contributed by atoms with Crippen LogP contribution in [-0.4, -0.2) is 24.1 Å². The Hall–Kier alpha value is -1.11. The van der Waals surface area contributed by atoms with E-state index < -0.39 is 10.4 Å². The van der Waals surface area contributed by atoms with Crippen molar-refractivity contribution >= 4 is 10.4 Å². The molecule has 0 radical (unpaired) electrons. The molecule has 0 heterocycles. The molecule has 0 aliphatic carbocycles. The van der Waals surface area contributed by atoms with Crippen molar-refractivity contribution < 1.29 is 22.3 Å². The van der Waals surface area contributed by atoms with Gasteiger partial charge >= 0.3 is 10.4 Å². The fourth-order valence-electron chi connectivity index (χ4n) is 1.77. The van der Waals surface area contributed by atoms with Crippen LogP contribution in [-0.2, 0) is 10.4 Å². The Kier molecular flexibility index (Phi) is 12.0. The molecule has 0 aromatic heterocycles. The largest absolute Gasteiger partial charge is 0.494 e. The third kappa shape index (κ3) is 18.9. The highest BCUT2D eigenvalue weighted by Gasteiger charge is 1.93. The summed E-state index contributed by atoms with van der Waals surface area (Å²) < 4.78 is 37.2. The topological polar surface area (TPSA) is 83.8 Å². The molecule has 122 valence electrons. The van der Waals surface area contributed by atoms with E-state index in [1.165, 1.54) is 44.9 Å². The predicted molar refractivity (Wildman–Crippen MR) is 84.1 cm³/mol. The zero-order chi connectivity index (χ0) is 16.0. The van der Waals surface area contributed by atoms with E-state index in [9.17, 15) is 0 Å². The lowest BCUT2D eigenvalue weighted by molar-refractivity contribution is 0.304. The van der Waals surface area contributed by atoms with Gasteiger partial charge in [-0.3, -0.25) is 9.11 Å². The maximum absolute atomic E-state index is 8.74. The highest BCUT2D eigenvalue weighted by molar-refractivity contribution is 7.79. The van der Waals surface area contributed by atoms with Crippen molar-refractivity contribution in [2.24, 2.45) is 0 Å². The SMILES string of the molecule is CCCCCCCCCOc1ccccc1.O=S(=O)(O)O. The van der Waals surface area contributed by atoms with E-state index in [0.29, 0.717) is 0 Å². The Morgan fingerprint density at radius 3 is 1.90 bits per heavy atom. The van der Waals surface area contributed by atoms with Crippen LogP contribution in [0.4, 0.5) is 0 Å². The second-order valence-corrected chi connectivity index (χ2v) is 5.63. The predicted octanol–water partition coefficient (Wildman–Crippen LogP) is 4.16. The van der Waals surface area contributed by atoms with Crippen molar-refractivity contribution in [3.63, 3.8) is 0 Å². The van der Waals surface area contributed by atoms with E-state index in [1.54, 1.807) is 0 Å². The molecule has 0 amide bonds. The number of hydrogen-bond donors (Lipinski definition) is 2. The van der Waals surface area contributed by atoms with E-state index in [0.717, 1.165) is 12.4 Å². The zero-order valence-electron chi connectivity index (χ0n) is 12.6. The van der Waals surface area contributed by atoms with Crippen molar-refractivity contribution in [3.05, 3.63) is 30.3 Å². The third-order valence-corrected chi connectivity index (χ3v) is 2.76. The van der Waals surface area contributed by atoms with Crippen LogP contribution in [0, 0.1) is 0 Å².